The lowest BCUT2D eigenvalue weighted by molar-refractivity contribution is -0.140. The van der Waals surface area contributed by atoms with Crippen LogP contribution in [0.25, 0.3) is 16.9 Å². The van der Waals surface area contributed by atoms with E-state index in [0.717, 1.165) is 4.68 Å². The number of rotatable bonds is 6. The van der Waals surface area contributed by atoms with Gasteiger partial charge in [-0.3, -0.25) is 14.6 Å². The van der Waals surface area contributed by atoms with Crippen molar-refractivity contribution in [2.45, 2.75) is 6.04 Å². The Balaban J connectivity index is 2.15. The molecule has 9 nitrogen and oxygen atoms in total. The minimum atomic E-state index is -1.55. The van der Waals surface area contributed by atoms with Gasteiger partial charge in [0.25, 0.3) is 11.5 Å². The van der Waals surface area contributed by atoms with Gasteiger partial charge in [-0.25, -0.2) is 4.79 Å². The maximum atomic E-state index is 12.9. The van der Waals surface area contributed by atoms with Gasteiger partial charge in [0, 0.05) is 16.8 Å². The minimum absolute atomic E-state index is 0.283. The van der Waals surface area contributed by atoms with E-state index in [4.69, 9.17) is 21.8 Å². The van der Waals surface area contributed by atoms with Crippen molar-refractivity contribution in [1.29, 1.82) is 0 Å². The Labute approximate surface area is 169 Å². The average molecular weight is 415 g/mol. The number of aliphatic carboxylic acids is 1. The van der Waals surface area contributed by atoms with Gasteiger partial charge in [0.2, 0.25) is 0 Å². The first kappa shape index (κ1) is 20.2. The third-order valence-electron chi connectivity index (χ3n) is 3.97. The van der Waals surface area contributed by atoms with E-state index >= 15 is 0 Å². The van der Waals surface area contributed by atoms with E-state index in [9.17, 15) is 14.4 Å². The maximum absolute atomic E-state index is 12.9. The molecular formula is C19H15ClN4O5. The molecule has 2 aromatic heterocycles. The van der Waals surface area contributed by atoms with Crippen molar-refractivity contribution in [3.63, 3.8) is 0 Å². The fourth-order valence-electron chi connectivity index (χ4n) is 2.49. The van der Waals surface area contributed by atoms with Crippen LogP contribution >= 0.6 is 11.6 Å². The molecule has 1 amide bonds. The Bertz CT molecular complexity index is 1100. The van der Waals surface area contributed by atoms with Crippen LogP contribution in [-0.4, -0.2) is 49.5 Å². The second-order valence-corrected chi connectivity index (χ2v) is 6.36. The van der Waals surface area contributed by atoms with Crippen LogP contribution in [-0.2, 0) is 4.79 Å². The number of pyridine rings is 1. The molecule has 0 saturated heterocycles. The first-order valence-electron chi connectivity index (χ1n) is 8.36. The molecule has 0 radical (unpaired) electrons. The number of aliphatic hydroxyl groups excluding tert-OH is 1. The largest absolute Gasteiger partial charge is 0.480 e. The summed E-state index contributed by atoms with van der Waals surface area (Å²) in [6, 6.07) is 9.47. The number of carboxylic acids is 1. The van der Waals surface area contributed by atoms with Crippen LogP contribution in [0.15, 0.2) is 59.7 Å². The number of halogens is 1. The van der Waals surface area contributed by atoms with Crippen LogP contribution in [0.5, 0.6) is 0 Å². The molecule has 2 heterocycles. The number of hydrogen-bond acceptors (Lipinski definition) is 6. The number of carbonyl (C=O) groups excluding carboxylic acids is 1. The molecule has 0 aliphatic heterocycles. The van der Waals surface area contributed by atoms with Crippen molar-refractivity contribution in [3.8, 4) is 16.9 Å². The van der Waals surface area contributed by atoms with E-state index in [1.54, 1.807) is 36.4 Å². The van der Waals surface area contributed by atoms with Crippen LogP contribution in [0.4, 0.5) is 0 Å². The van der Waals surface area contributed by atoms with Gasteiger partial charge in [0.15, 0.2) is 6.04 Å². The smallest absolute Gasteiger partial charge is 0.328 e. The molecule has 10 heteroatoms. The summed E-state index contributed by atoms with van der Waals surface area (Å²) in [5.41, 5.74) is 0.0762. The molecule has 0 saturated carbocycles. The highest BCUT2D eigenvalue weighted by molar-refractivity contribution is 6.30. The molecule has 0 spiro atoms. The van der Waals surface area contributed by atoms with Gasteiger partial charge in [-0.1, -0.05) is 23.7 Å². The van der Waals surface area contributed by atoms with Gasteiger partial charge in [0.1, 0.15) is 5.56 Å². The Hall–Kier alpha value is -3.56. The van der Waals surface area contributed by atoms with Crippen LogP contribution in [0, 0.1) is 0 Å². The normalized spacial score (nSPS) is 11.7. The van der Waals surface area contributed by atoms with Gasteiger partial charge in [-0.05, 0) is 30.3 Å². The molecule has 0 aliphatic carbocycles. The predicted octanol–water partition coefficient (Wildman–Crippen LogP) is 1.12. The average Bonchev–Trinajstić information content (AvgIpc) is 2.73. The summed E-state index contributed by atoms with van der Waals surface area (Å²) in [6.07, 6.45) is 2.92. The number of carboxylic acid groups (broad SMARTS) is 1. The quantitative estimate of drug-likeness (QED) is 0.550. The fourth-order valence-corrected chi connectivity index (χ4v) is 2.62. The van der Waals surface area contributed by atoms with Crippen molar-refractivity contribution >= 4 is 23.5 Å². The predicted molar refractivity (Wildman–Crippen MR) is 104 cm³/mol. The Morgan fingerprint density at radius 2 is 1.93 bits per heavy atom. The van der Waals surface area contributed by atoms with Gasteiger partial charge in [0.05, 0.1) is 24.2 Å². The first-order chi connectivity index (χ1) is 13.9. The summed E-state index contributed by atoms with van der Waals surface area (Å²) >= 11 is 5.91. The van der Waals surface area contributed by atoms with E-state index < -0.39 is 30.1 Å². The number of aliphatic hydroxyl groups is 1. The van der Waals surface area contributed by atoms with Crippen molar-refractivity contribution < 1.29 is 19.8 Å². The molecule has 3 N–H and O–H groups in total. The number of nitrogens with one attached hydrogen (secondary N) is 1. The summed E-state index contributed by atoms with van der Waals surface area (Å²) in [6.45, 7) is -0.826. The van der Waals surface area contributed by atoms with Crippen molar-refractivity contribution in [3.05, 3.63) is 75.8 Å². The minimum Gasteiger partial charge on any atom is -0.480 e. The molecule has 0 fully saturated rings. The van der Waals surface area contributed by atoms with Crippen molar-refractivity contribution in [2.24, 2.45) is 0 Å². The Morgan fingerprint density at radius 3 is 2.52 bits per heavy atom. The fraction of sp³-hybridized carbons (Fsp3) is 0.105. The Kier molecular flexibility index (Phi) is 6.01. The number of carbonyl (C=O) groups is 2. The number of nitrogens with zero attached hydrogens (tertiary/aromatic N) is 3. The SMILES string of the molecule is O=C(NC(CO)C(=O)O)c1cc(-c2ccc(Cl)cc2)nn(-c2cccnc2)c1=O. The second-order valence-electron chi connectivity index (χ2n) is 5.93. The van der Waals surface area contributed by atoms with Gasteiger partial charge >= 0.3 is 5.97 Å². The lowest BCUT2D eigenvalue weighted by atomic mass is 10.1. The molecule has 3 aromatic rings. The zero-order valence-corrected chi connectivity index (χ0v) is 15.6. The third-order valence-corrected chi connectivity index (χ3v) is 4.22. The lowest BCUT2D eigenvalue weighted by Gasteiger charge is -2.13. The number of benzene rings is 1. The van der Waals surface area contributed by atoms with E-state index in [0.29, 0.717) is 16.3 Å². The highest BCUT2D eigenvalue weighted by atomic mass is 35.5. The van der Waals surface area contributed by atoms with Crippen LogP contribution in [0.2, 0.25) is 5.02 Å². The summed E-state index contributed by atoms with van der Waals surface area (Å²) in [5.74, 6) is -2.38. The first-order valence-corrected chi connectivity index (χ1v) is 8.73. The number of amides is 1. The third kappa shape index (κ3) is 4.48. The highest BCUT2D eigenvalue weighted by Gasteiger charge is 2.23. The molecule has 1 atom stereocenters. The maximum Gasteiger partial charge on any atom is 0.328 e. The number of aromatic nitrogens is 3. The zero-order chi connectivity index (χ0) is 21.0. The highest BCUT2D eigenvalue weighted by Crippen LogP contribution is 2.20. The molecule has 29 heavy (non-hydrogen) atoms. The molecular weight excluding hydrogens is 400 g/mol. The summed E-state index contributed by atoms with van der Waals surface area (Å²) in [5, 5.41) is 25.1. The zero-order valence-electron chi connectivity index (χ0n) is 14.8. The number of hydrogen-bond donors (Lipinski definition) is 3. The molecule has 1 unspecified atom stereocenters. The van der Waals surface area contributed by atoms with Crippen LogP contribution in [0.3, 0.4) is 0 Å². The van der Waals surface area contributed by atoms with Crippen LogP contribution < -0.4 is 10.9 Å². The lowest BCUT2D eigenvalue weighted by Crippen LogP contribution is -2.45. The summed E-state index contributed by atoms with van der Waals surface area (Å²) in [4.78, 5) is 40.5. The topological polar surface area (TPSA) is 134 Å². The van der Waals surface area contributed by atoms with Crippen LogP contribution in [0.1, 0.15) is 10.4 Å². The van der Waals surface area contributed by atoms with E-state index in [2.05, 4.69) is 15.4 Å². The summed E-state index contributed by atoms with van der Waals surface area (Å²) < 4.78 is 1.00. The molecule has 1 aromatic carbocycles. The van der Waals surface area contributed by atoms with E-state index in [-0.39, 0.29) is 11.3 Å². The second kappa shape index (κ2) is 8.63. The standard InChI is InChI=1S/C19H15ClN4O5/c20-12-5-3-11(4-6-12)15-8-14(17(26)22-16(10-25)19(28)29)18(27)24(23-15)13-2-1-7-21-9-13/h1-9,16,25H,10H2,(H,22,26)(H,28,29). The summed E-state index contributed by atoms with van der Waals surface area (Å²) in [7, 11) is 0. The van der Waals surface area contributed by atoms with Crippen molar-refractivity contribution in [1.82, 2.24) is 20.1 Å². The Morgan fingerprint density at radius 1 is 1.21 bits per heavy atom. The van der Waals surface area contributed by atoms with E-state index in [1.807, 2.05) is 0 Å². The van der Waals surface area contributed by atoms with Gasteiger partial charge in [-0.15, -0.1) is 0 Å². The molecule has 0 bridgehead atoms. The van der Waals surface area contributed by atoms with Gasteiger partial charge < -0.3 is 15.5 Å². The monoisotopic (exact) mass is 414 g/mol. The van der Waals surface area contributed by atoms with Crippen molar-refractivity contribution in [2.75, 3.05) is 6.61 Å². The van der Waals surface area contributed by atoms with E-state index in [1.165, 1.54) is 18.5 Å². The molecule has 148 valence electrons. The molecule has 3 rings (SSSR count). The van der Waals surface area contributed by atoms with Gasteiger partial charge in [-0.2, -0.15) is 9.78 Å². The molecule has 0 aliphatic rings.